The number of ether oxygens (including phenoxy) is 1. The van der Waals surface area contributed by atoms with E-state index in [1.165, 1.54) is 40.1 Å². The van der Waals surface area contributed by atoms with Crippen molar-refractivity contribution in [2.75, 3.05) is 39.9 Å². The van der Waals surface area contributed by atoms with Gasteiger partial charge in [-0.3, -0.25) is 0 Å². The van der Waals surface area contributed by atoms with Gasteiger partial charge >= 0.3 is 0 Å². The number of rotatable bonds is 0. The van der Waals surface area contributed by atoms with Crippen molar-refractivity contribution < 1.29 is 4.74 Å². The van der Waals surface area contributed by atoms with Gasteiger partial charge in [0.05, 0.1) is 18.9 Å². The number of hydrogen-bond donors (Lipinski definition) is 1. The molecule has 5 heteroatoms. The van der Waals surface area contributed by atoms with Crippen molar-refractivity contribution in [3.8, 4) is 0 Å². The number of aromatic amines is 1. The summed E-state index contributed by atoms with van der Waals surface area (Å²) in [5.74, 6) is 1.21. The van der Waals surface area contributed by atoms with E-state index < -0.39 is 0 Å². The highest BCUT2D eigenvalue weighted by Gasteiger charge is 2.21. The summed E-state index contributed by atoms with van der Waals surface area (Å²) in [6.45, 7) is 5.86. The zero-order chi connectivity index (χ0) is 19.6. The smallest absolute Gasteiger partial charge is 0.109 e. The number of nitrogens with one attached hydrogen (secondary N) is 1. The summed E-state index contributed by atoms with van der Waals surface area (Å²) in [6, 6.07) is 17.0. The Morgan fingerprint density at radius 3 is 2.62 bits per heavy atom. The maximum atomic E-state index is 5.34. The van der Waals surface area contributed by atoms with Crippen LogP contribution in [0.15, 0.2) is 53.5 Å². The summed E-state index contributed by atoms with van der Waals surface area (Å²) >= 11 is 0. The summed E-state index contributed by atoms with van der Waals surface area (Å²) in [5, 5.41) is 1.40. The first-order valence-electron chi connectivity index (χ1n) is 10.5. The predicted molar refractivity (Wildman–Crippen MR) is 118 cm³/mol. The lowest BCUT2D eigenvalue weighted by Gasteiger charge is -2.28. The van der Waals surface area contributed by atoms with E-state index >= 15 is 0 Å². The Morgan fingerprint density at radius 2 is 1.76 bits per heavy atom. The number of para-hydroxylation sites is 2. The fraction of sp³-hybridized carbons (Fsp3) is 0.375. The van der Waals surface area contributed by atoms with Gasteiger partial charge in [0.2, 0.25) is 0 Å². The van der Waals surface area contributed by atoms with E-state index in [9.17, 15) is 0 Å². The quantitative estimate of drug-likeness (QED) is 0.638. The van der Waals surface area contributed by atoms with E-state index in [4.69, 9.17) is 4.74 Å². The van der Waals surface area contributed by atoms with Gasteiger partial charge in [-0.1, -0.05) is 36.4 Å². The number of amidine groups is 1. The monoisotopic (exact) mass is 388 g/mol. The number of H-pyrrole nitrogens is 1. The van der Waals surface area contributed by atoms with E-state index in [0.29, 0.717) is 0 Å². The van der Waals surface area contributed by atoms with Gasteiger partial charge in [-0.05, 0) is 30.3 Å². The molecule has 0 radical (unpaired) electrons. The van der Waals surface area contributed by atoms with Crippen LogP contribution < -0.4 is 0 Å². The number of benzene rings is 2. The Bertz CT molecular complexity index is 1030. The van der Waals surface area contributed by atoms with Crippen LogP contribution in [0.5, 0.6) is 0 Å². The molecule has 1 aromatic heterocycles. The summed E-state index contributed by atoms with van der Waals surface area (Å²) in [6.07, 6.45) is 2.14. The third kappa shape index (κ3) is 3.80. The lowest BCUT2D eigenvalue weighted by molar-refractivity contribution is 0.0675. The minimum atomic E-state index is 0.829. The van der Waals surface area contributed by atoms with Crippen LogP contribution in [0.2, 0.25) is 0 Å². The Balaban J connectivity index is 0.000000125. The second kappa shape index (κ2) is 8.01. The van der Waals surface area contributed by atoms with Crippen LogP contribution in [0.25, 0.3) is 10.9 Å². The maximum absolute atomic E-state index is 5.34. The highest BCUT2D eigenvalue weighted by molar-refractivity contribution is 5.92. The molecule has 3 aliphatic heterocycles. The standard InChI is InChI=1S/C12H14N2O.C12H14N2/c1-2-4-11-10(3-1)9-12(13-11)14-5-7-15-8-6-14;1-14-7-6-12-10(8-14)9-4-2-3-5-11(9)13-12/h1-4H,5-9H2;2-5,13H,6-8H2,1H3. The van der Waals surface area contributed by atoms with Gasteiger partial charge in [0, 0.05) is 55.6 Å². The minimum Gasteiger partial charge on any atom is -0.378 e. The molecule has 0 amide bonds. The highest BCUT2D eigenvalue weighted by Crippen LogP contribution is 2.28. The van der Waals surface area contributed by atoms with E-state index in [0.717, 1.165) is 51.4 Å². The molecule has 29 heavy (non-hydrogen) atoms. The van der Waals surface area contributed by atoms with Crippen LogP contribution in [-0.4, -0.2) is 60.5 Å². The van der Waals surface area contributed by atoms with Crippen molar-refractivity contribution in [2.24, 2.45) is 4.99 Å². The zero-order valence-electron chi connectivity index (χ0n) is 17.0. The van der Waals surface area contributed by atoms with Gasteiger partial charge in [-0.15, -0.1) is 0 Å². The predicted octanol–water partition coefficient (Wildman–Crippen LogP) is 3.76. The molecule has 3 aromatic rings. The average molecular weight is 389 g/mol. The van der Waals surface area contributed by atoms with Crippen molar-refractivity contribution in [3.05, 3.63) is 65.4 Å². The number of fused-ring (bicyclic) bond motifs is 4. The molecule has 3 aliphatic rings. The molecular formula is C24H28N4O. The maximum Gasteiger partial charge on any atom is 0.109 e. The molecule has 0 unspecified atom stereocenters. The Morgan fingerprint density at radius 1 is 0.966 bits per heavy atom. The van der Waals surface area contributed by atoms with E-state index in [-0.39, 0.29) is 0 Å². The fourth-order valence-electron chi connectivity index (χ4n) is 4.42. The summed E-state index contributed by atoms with van der Waals surface area (Å²) in [5.41, 5.74) is 6.70. The SMILES string of the molecule is CN1CCc2[nH]c3ccccc3c2C1.c1ccc2c(c1)CC(N1CCOCC1)=N2. The molecule has 0 bridgehead atoms. The minimum absolute atomic E-state index is 0.829. The third-order valence-electron chi connectivity index (χ3n) is 6.04. The number of likely N-dealkylation sites (N-methyl/N-ethyl adjacent to an activating group) is 1. The highest BCUT2D eigenvalue weighted by atomic mass is 16.5. The van der Waals surface area contributed by atoms with Crippen LogP contribution in [0.3, 0.4) is 0 Å². The Hall–Kier alpha value is -2.63. The number of hydrogen-bond acceptors (Lipinski definition) is 4. The lowest BCUT2D eigenvalue weighted by Crippen LogP contribution is -2.40. The molecule has 6 rings (SSSR count). The molecule has 2 aromatic carbocycles. The molecule has 5 nitrogen and oxygen atoms in total. The van der Waals surface area contributed by atoms with Gasteiger partial charge in [0.25, 0.3) is 0 Å². The van der Waals surface area contributed by atoms with Crippen molar-refractivity contribution in [2.45, 2.75) is 19.4 Å². The molecule has 0 spiro atoms. The topological polar surface area (TPSA) is 43.9 Å². The van der Waals surface area contributed by atoms with Gasteiger partial charge in [-0.25, -0.2) is 4.99 Å². The average Bonchev–Trinajstić information content (AvgIpc) is 3.36. The molecule has 1 saturated heterocycles. The van der Waals surface area contributed by atoms with Crippen molar-refractivity contribution in [3.63, 3.8) is 0 Å². The number of aromatic nitrogens is 1. The first-order chi connectivity index (χ1) is 14.3. The van der Waals surface area contributed by atoms with Gasteiger partial charge in [-0.2, -0.15) is 0 Å². The molecule has 1 fully saturated rings. The van der Waals surface area contributed by atoms with Crippen molar-refractivity contribution in [1.29, 1.82) is 0 Å². The number of aliphatic imine (C=N–C) groups is 1. The number of morpholine rings is 1. The normalized spacial score (nSPS) is 18.7. The zero-order valence-corrected chi connectivity index (χ0v) is 17.0. The van der Waals surface area contributed by atoms with E-state index in [2.05, 4.69) is 69.3 Å². The van der Waals surface area contributed by atoms with Gasteiger partial charge < -0.3 is 19.5 Å². The lowest BCUT2D eigenvalue weighted by atomic mass is 10.1. The van der Waals surface area contributed by atoms with Gasteiger partial charge in [0.1, 0.15) is 5.84 Å². The van der Waals surface area contributed by atoms with Crippen LogP contribution in [-0.2, 0) is 24.1 Å². The fourth-order valence-corrected chi connectivity index (χ4v) is 4.42. The molecule has 0 saturated carbocycles. The van der Waals surface area contributed by atoms with Crippen LogP contribution in [0.1, 0.15) is 16.8 Å². The molecule has 0 atom stereocenters. The molecule has 1 N–H and O–H groups in total. The largest absolute Gasteiger partial charge is 0.378 e. The van der Waals surface area contributed by atoms with E-state index in [1.807, 2.05) is 6.07 Å². The van der Waals surface area contributed by atoms with Crippen molar-refractivity contribution in [1.82, 2.24) is 14.8 Å². The Kier molecular flexibility index (Phi) is 5.08. The molecule has 4 heterocycles. The van der Waals surface area contributed by atoms with E-state index in [1.54, 1.807) is 0 Å². The number of nitrogens with zero attached hydrogens (tertiary/aromatic N) is 3. The molecule has 0 aliphatic carbocycles. The summed E-state index contributed by atoms with van der Waals surface area (Å²) in [4.78, 5) is 12.9. The van der Waals surface area contributed by atoms with Gasteiger partial charge in [0.15, 0.2) is 0 Å². The van der Waals surface area contributed by atoms with Crippen molar-refractivity contribution >= 4 is 22.4 Å². The first kappa shape index (κ1) is 18.4. The van der Waals surface area contributed by atoms with Crippen LogP contribution >= 0.6 is 0 Å². The second-order valence-electron chi connectivity index (χ2n) is 8.05. The summed E-state index contributed by atoms with van der Waals surface area (Å²) < 4.78 is 5.34. The second-order valence-corrected chi connectivity index (χ2v) is 8.05. The summed E-state index contributed by atoms with van der Waals surface area (Å²) in [7, 11) is 2.19. The Labute approximate surface area is 172 Å². The molecule has 150 valence electrons. The van der Waals surface area contributed by atoms with Crippen LogP contribution in [0.4, 0.5) is 5.69 Å². The third-order valence-corrected chi connectivity index (χ3v) is 6.04. The van der Waals surface area contributed by atoms with Crippen LogP contribution in [0, 0.1) is 0 Å². The first-order valence-corrected chi connectivity index (χ1v) is 10.5. The molecular weight excluding hydrogens is 360 g/mol.